The van der Waals surface area contributed by atoms with Gasteiger partial charge in [-0.05, 0) is 80.1 Å². The van der Waals surface area contributed by atoms with Crippen LogP contribution in [0.2, 0.25) is 0 Å². The number of carbonyl (C=O) groups excluding carboxylic acids is 1. The van der Waals surface area contributed by atoms with Crippen LogP contribution in [-0.2, 0) is 14.8 Å². The summed E-state index contributed by atoms with van der Waals surface area (Å²) in [7, 11) is -4.15. The van der Waals surface area contributed by atoms with Crippen molar-refractivity contribution in [2.75, 3.05) is 17.5 Å². The van der Waals surface area contributed by atoms with Crippen LogP contribution in [0.25, 0.3) is 0 Å². The number of anilines is 1. The van der Waals surface area contributed by atoms with E-state index in [2.05, 4.69) is 5.32 Å². The zero-order valence-corrected chi connectivity index (χ0v) is 19.0. The zero-order valence-electron chi connectivity index (χ0n) is 18.2. The van der Waals surface area contributed by atoms with Crippen molar-refractivity contribution in [2.45, 2.75) is 24.8 Å². The minimum Gasteiger partial charge on any atom is -0.494 e. The van der Waals surface area contributed by atoms with Gasteiger partial charge in [0.05, 0.1) is 23.2 Å². The number of carbonyl (C=O) groups is 1. The van der Waals surface area contributed by atoms with Crippen molar-refractivity contribution in [1.82, 2.24) is 5.32 Å². The summed E-state index contributed by atoms with van der Waals surface area (Å²) < 4.78 is 59.6. The lowest BCUT2D eigenvalue weighted by molar-refractivity contribution is -0.120. The number of nitrogens with one attached hydrogen (secondary N) is 1. The molecule has 9 heteroatoms. The lowest BCUT2D eigenvalue weighted by atomic mass is 10.1. The predicted molar refractivity (Wildman–Crippen MR) is 122 cm³/mol. The van der Waals surface area contributed by atoms with Crippen molar-refractivity contribution in [3.63, 3.8) is 0 Å². The van der Waals surface area contributed by atoms with Gasteiger partial charge in [0.15, 0.2) is 0 Å². The second-order valence-electron chi connectivity index (χ2n) is 7.23. The summed E-state index contributed by atoms with van der Waals surface area (Å²) in [5, 5.41) is 2.72. The van der Waals surface area contributed by atoms with E-state index in [-0.39, 0.29) is 10.6 Å². The number of hydrogen-bond donors (Lipinski definition) is 1. The van der Waals surface area contributed by atoms with Gasteiger partial charge in [-0.25, -0.2) is 17.2 Å². The second-order valence-corrected chi connectivity index (χ2v) is 9.10. The number of hydrogen-bond acceptors (Lipinski definition) is 4. The van der Waals surface area contributed by atoms with E-state index in [1.807, 2.05) is 6.92 Å². The normalized spacial score (nSPS) is 12.1. The third kappa shape index (κ3) is 6.07. The molecule has 3 aromatic carbocycles. The van der Waals surface area contributed by atoms with Crippen LogP contribution in [0.3, 0.4) is 0 Å². The highest BCUT2D eigenvalue weighted by molar-refractivity contribution is 7.92. The van der Waals surface area contributed by atoms with Gasteiger partial charge in [-0.2, -0.15) is 0 Å². The molecule has 0 saturated heterocycles. The van der Waals surface area contributed by atoms with Crippen molar-refractivity contribution in [2.24, 2.45) is 0 Å². The molecule has 0 radical (unpaired) electrons. The molecule has 0 aliphatic heterocycles. The van der Waals surface area contributed by atoms with Crippen LogP contribution < -0.4 is 14.4 Å². The molecule has 0 aromatic heterocycles. The van der Waals surface area contributed by atoms with Gasteiger partial charge in [-0.3, -0.25) is 9.10 Å². The largest absolute Gasteiger partial charge is 0.494 e. The van der Waals surface area contributed by atoms with Gasteiger partial charge >= 0.3 is 0 Å². The maximum atomic E-state index is 13.4. The zero-order chi connectivity index (χ0) is 24.0. The molecule has 33 heavy (non-hydrogen) atoms. The number of benzene rings is 3. The summed E-state index contributed by atoms with van der Waals surface area (Å²) in [6.07, 6.45) is 0. The van der Waals surface area contributed by atoms with Crippen LogP contribution in [0.1, 0.15) is 25.5 Å². The second kappa shape index (κ2) is 10.4. The van der Waals surface area contributed by atoms with Crippen molar-refractivity contribution in [3.8, 4) is 5.75 Å². The summed E-state index contributed by atoms with van der Waals surface area (Å²) in [6.45, 7) is 3.41. The standard InChI is InChI=1S/C24H24F2N2O4S/c1-3-32-22-12-14-23(15-13-22)33(30,31)28(21-10-8-20(26)9-11-21)16-24(29)27-17(2)18-4-6-19(25)7-5-18/h4-15,17H,3,16H2,1-2H3,(H,27,29). The molecule has 3 aromatic rings. The lowest BCUT2D eigenvalue weighted by Gasteiger charge is -2.25. The highest BCUT2D eigenvalue weighted by Gasteiger charge is 2.28. The smallest absolute Gasteiger partial charge is 0.264 e. The Hall–Kier alpha value is -3.46. The fourth-order valence-electron chi connectivity index (χ4n) is 3.18. The molecule has 1 atom stereocenters. The van der Waals surface area contributed by atoms with Crippen LogP contribution in [-0.4, -0.2) is 27.5 Å². The molecule has 3 rings (SSSR count). The maximum Gasteiger partial charge on any atom is 0.264 e. The molecule has 1 N–H and O–H groups in total. The molecule has 1 amide bonds. The van der Waals surface area contributed by atoms with Crippen LogP contribution in [0.4, 0.5) is 14.5 Å². The third-order valence-corrected chi connectivity index (χ3v) is 6.66. The number of rotatable bonds is 9. The van der Waals surface area contributed by atoms with Gasteiger partial charge in [0.1, 0.15) is 23.9 Å². The third-order valence-electron chi connectivity index (χ3n) is 4.87. The van der Waals surface area contributed by atoms with Crippen molar-refractivity contribution < 1.29 is 26.7 Å². The molecule has 6 nitrogen and oxygen atoms in total. The number of nitrogens with zero attached hydrogens (tertiary/aromatic N) is 1. The van der Waals surface area contributed by atoms with Gasteiger partial charge in [-0.15, -0.1) is 0 Å². The molecular weight excluding hydrogens is 450 g/mol. The molecule has 0 aliphatic rings. The fourth-order valence-corrected chi connectivity index (χ4v) is 4.60. The molecule has 1 unspecified atom stereocenters. The quantitative estimate of drug-likeness (QED) is 0.498. The Morgan fingerprint density at radius 2 is 1.48 bits per heavy atom. The highest BCUT2D eigenvalue weighted by Crippen LogP contribution is 2.25. The Bertz CT molecular complexity index is 1180. The lowest BCUT2D eigenvalue weighted by Crippen LogP contribution is -2.41. The number of sulfonamides is 1. The molecule has 174 valence electrons. The van der Waals surface area contributed by atoms with Crippen molar-refractivity contribution in [1.29, 1.82) is 0 Å². The van der Waals surface area contributed by atoms with E-state index < -0.39 is 40.2 Å². The molecule has 0 bridgehead atoms. The Balaban J connectivity index is 1.87. The van der Waals surface area contributed by atoms with Crippen LogP contribution in [0, 0.1) is 11.6 Å². The SMILES string of the molecule is CCOc1ccc(S(=O)(=O)N(CC(=O)NC(C)c2ccc(F)cc2)c2ccc(F)cc2)cc1. The molecular formula is C24H24F2N2O4S. The molecule has 0 spiro atoms. The maximum absolute atomic E-state index is 13.4. The highest BCUT2D eigenvalue weighted by atomic mass is 32.2. The summed E-state index contributed by atoms with van der Waals surface area (Å²) >= 11 is 0. The summed E-state index contributed by atoms with van der Waals surface area (Å²) in [5.74, 6) is -1.01. The van der Waals surface area contributed by atoms with E-state index >= 15 is 0 Å². The van der Waals surface area contributed by atoms with Crippen molar-refractivity contribution >= 4 is 21.6 Å². The minimum absolute atomic E-state index is 0.0466. The molecule has 0 saturated carbocycles. The van der Waals surface area contributed by atoms with E-state index in [0.717, 1.165) is 16.4 Å². The van der Waals surface area contributed by atoms with E-state index in [0.29, 0.717) is 17.9 Å². The summed E-state index contributed by atoms with van der Waals surface area (Å²) in [6, 6.07) is 15.8. The Kier molecular flexibility index (Phi) is 7.65. The van der Waals surface area contributed by atoms with E-state index in [1.54, 1.807) is 6.92 Å². The summed E-state index contributed by atoms with van der Waals surface area (Å²) in [4.78, 5) is 12.7. The summed E-state index contributed by atoms with van der Waals surface area (Å²) in [5.41, 5.74) is 0.794. The van der Waals surface area contributed by atoms with Gasteiger partial charge < -0.3 is 10.1 Å². The van der Waals surface area contributed by atoms with E-state index in [9.17, 15) is 22.0 Å². The fraction of sp³-hybridized carbons (Fsp3) is 0.208. The number of ether oxygens (including phenoxy) is 1. The number of amides is 1. The average molecular weight is 475 g/mol. The first-order chi connectivity index (χ1) is 15.7. The first-order valence-electron chi connectivity index (χ1n) is 10.3. The van der Waals surface area contributed by atoms with Gasteiger partial charge in [-0.1, -0.05) is 12.1 Å². The minimum atomic E-state index is -4.15. The first-order valence-corrected chi connectivity index (χ1v) is 11.7. The van der Waals surface area contributed by atoms with Crippen molar-refractivity contribution in [3.05, 3.63) is 90.0 Å². The van der Waals surface area contributed by atoms with Crippen LogP contribution in [0.15, 0.2) is 77.7 Å². The average Bonchev–Trinajstić information content (AvgIpc) is 2.79. The Morgan fingerprint density at radius 1 is 0.939 bits per heavy atom. The van der Waals surface area contributed by atoms with Gasteiger partial charge in [0.2, 0.25) is 5.91 Å². The monoisotopic (exact) mass is 474 g/mol. The Labute approximate surface area is 191 Å². The van der Waals surface area contributed by atoms with E-state index in [1.165, 1.54) is 60.7 Å². The molecule has 0 aliphatic carbocycles. The van der Waals surface area contributed by atoms with Gasteiger partial charge in [0, 0.05) is 0 Å². The number of halogens is 2. The van der Waals surface area contributed by atoms with E-state index in [4.69, 9.17) is 4.74 Å². The Morgan fingerprint density at radius 3 is 2.03 bits per heavy atom. The van der Waals surface area contributed by atoms with Gasteiger partial charge in [0.25, 0.3) is 10.0 Å². The molecule has 0 heterocycles. The van der Waals surface area contributed by atoms with Crippen LogP contribution in [0.5, 0.6) is 5.75 Å². The van der Waals surface area contributed by atoms with Crippen LogP contribution >= 0.6 is 0 Å². The molecule has 0 fully saturated rings. The first kappa shape index (κ1) is 24.2. The predicted octanol–water partition coefficient (Wildman–Crippen LogP) is 4.44. The topological polar surface area (TPSA) is 75.7 Å².